The number of ketones is 1. The molecule has 0 saturated heterocycles. The van der Waals surface area contributed by atoms with Crippen LogP contribution in [-0.4, -0.2) is 17.0 Å². The van der Waals surface area contributed by atoms with E-state index < -0.39 is 0 Å². The van der Waals surface area contributed by atoms with Gasteiger partial charge in [-0.2, -0.15) is 0 Å². The summed E-state index contributed by atoms with van der Waals surface area (Å²) in [6.07, 6.45) is 4.74. The molecule has 1 atom stereocenters. The summed E-state index contributed by atoms with van der Waals surface area (Å²) in [7, 11) is 0. The topological polar surface area (TPSA) is 37.3 Å². The van der Waals surface area contributed by atoms with E-state index in [0.717, 1.165) is 32.1 Å². The van der Waals surface area contributed by atoms with Crippen molar-refractivity contribution in [2.75, 3.05) is 0 Å². The monoisotopic (exact) mass is 234 g/mol. The van der Waals surface area contributed by atoms with E-state index in [1.165, 1.54) is 5.56 Å². The number of rotatable bonds is 8. The molecule has 2 nitrogen and oxygen atoms in total. The molecule has 0 aliphatic heterocycles. The summed E-state index contributed by atoms with van der Waals surface area (Å²) in [5.74, 6) is 0.210. The van der Waals surface area contributed by atoms with Gasteiger partial charge in [-0.15, -0.1) is 0 Å². The number of aryl methyl sites for hydroxylation is 1. The molecular formula is C15H22O2. The summed E-state index contributed by atoms with van der Waals surface area (Å²) in [6, 6.07) is 10.3. The average molecular weight is 234 g/mol. The summed E-state index contributed by atoms with van der Waals surface area (Å²) in [4.78, 5) is 10.7. The highest BCUT2D eigenvalue weighted by Gasteiger charge is 2.04. The molecule has 17 heavy (non-hydrogen) atoms. The average Bonchev–Trinajstić information content (AvgIpc) is 2.30. The first kappa shape index (κ1) is 13.9. The lowest BCUT2D eigenvalue weighted by Gasteiger charge is -2.09. The molecule has 94 valence electrons. The number of hydrogen-bond donors (Lipinski definition) is 1. The SMILES string of the molecule is CC(=O)CCC[C@@H](O)CCCc1ccccc1. The maximum atomic E-state index is 10.7. The second-order valence-electron chi connectivity index (χ2n) is 4.63. The van der Waals surface area contributed by atoms with E-state index in [0.29, 0.717) is 6.42 Å². The van der Waals surface area contributed by atoms with Crippen molar-refractivity contribution in [1.82, 2.24) is 0 Å². The molecule has 0 aliphatic rings. The fourth-order valence-electron chi connectivity index (χ4n) is 1.92. The van der Waals surface area contributed by atoms with Crippen molar-refractivity contribution < 1.29 is 9.90 Å². The number of aliphatic hydroxyl groups is 1. The van der Waals surface area contributed by atoms with E-state index in [1.54, 1.807) is 6.92 Å². The third kappa shape index (κ3) is 6.90. The Balaban J connectivity index is 2.08. The van der Waals surface area contributed by atoms with Gasteiger partial charge in [0.2, 0.25) is 0 Å². The standard InChI is InChI=1S/C15H22O2/c1-13(16)7-5-11-15(17)12-6-10-14-8-3-2-4-9-14/h2-4,8-9,15,17H,5-7,10-12H2,1H3/t15-/m1/s1. The minimum atomic E-state index is -0.252. The number of Topliss-reactive ketones (excluding diaryl/α,β-unsaturated/α-hetero) is 1. The van der Waals surface area contributed by atoms with Gasteiger partial charge in [0.05, 0.1) is 6.10 Å². The molecule has 2 heteroatoms. The molecule has 0 bridgehead atoms. The smallest absolute Gasteiger partial charge is 0.129 e. The fraction of sp³-hybridized carbons (Fsp3) is 0.533. The summed E-state index contributed by atoms with van der Waals surface area (Å²) in [5.41, 5.74) is 1.32. The van der Waals surface area contributed by atoms with Crippen molar-refractivity contribution in [1.29, 1.82) is 0 Å². The van der Waals surface area contributed by atoms with E-state index in [2.05, 4.69) is 12.1 Å². The Bertz CT molecular complexity index is 319. The number of carbonyl (C=O) groups is 1. The Hall–Kier alpha value is -1.15. The van der Waals surface area contributed by atoms with Crippen molar-refractivity contribution >= 4 is 5.78 Å². The third-order valence-corrected chi connectivity index (χ3v) is 2.91. The summed E-state index contributed by atoms with van der Waals surface area (Å²) >= 11 is 0. The van der Waals surface area contributed by atoms with Gasteiger partial charge in [-0.05, 0) is 44.6 Å². The number of hydrogen-bond acceptors (Lipinski definition) is 2. The summed E-state index contributed by atoms with van der Waals surface area (Å²) in [5, 5.41) is 9.73. The van der Waals surface area contributed by atoms with Gasteiger partial charge >= 0.3 is 0 Å². The lowest BCUT2D eigenvalue weighted by atomic mass is 10.0. The molecule has 1 aromatic carbocycles. The lowest BCUT2D eigenvalue weighted by Crippen LogP contribution is -2.07. The van der Waals surface area contributed by atoms with Crippen LogP contribution in [0.5, 0.6) is 0 Å². The molecule has 0 amide bonds. The van der Waals surface area contributed by atoms with Gasteiger partial charge in [-0.1, -0.05) is 30.3 Å². The van der Waals surface area contributed by atoms with Gasteiger partial charge in [-0.3, -0.25) is 0 Å². The number of benzene rings is 1. The minimum Gasteiger partial charge on any atom is -0.393 e. The lowest BCUT2D eigenvalue weighted by molar-refractivity contribution is -0.117. The first-order valence-electron chi connectivity index (χ1n) is 6.40. The molecule has 0 spiro atoms. The van der Waals surface area contributed by atoms with Crippen molar-refractivity contribution in [2.45, 2.75) is 51.6 Å². The van der Waals surface area contributed by atoms with Crippen molar-refractivity contribution in [3.05, 3.63) is 35.9 Å². The Morgan fingerprint density at radius 3 is 2.47 bits per heavy atom. The van der Waals surface area contributed by atoms with Crippen LogP contribution in [0.4, 0.5) is 0 Å². The van der Waals surface area contributed by atoms with Crippen LogP contribution in [-0.2, 0) is 11.2 Å². The molecule has 0 aliphatic carbocycles. The van der Waals surface area contributed by atoms with Gasteiger partial charge in [0.25, 0.3) is 0 Å². The largest absolute Gasteiger partial charge is 0.393 e. The van der Waals surface area contributed by atoms with Crippen LogP contribution in [0, 0.1) is 0 Å². The summed E-state index contributed by atoms with van der Waals surface area (Å²) in [6.45, 7) is 1.60. The first-order valence-corrected chi connectivity index (χ1v) is 6.40. The van der Waals surface area contributed by atoms with Gasteiger partial charge in [0, 0.05) is 6.42 Å². The van der Waals surface area contributed by atoms with E-state index in [9.17, 15) is 9.90 Å². The van der Waals surface area contributed by atoms with Crippen LogP contribution >= 0.6 is 0 Å². The molecule has 0 unspecified atom stereocenters. The van der Waals surface area contributed by atoms with Crippen LogP contribution in [0.2, 0.25) is 0 Å². The maximum absolute atomic E-state index is 10.7. The number of carbonyl (C=O) groups excluding carboxylic acids is 1. The van der Waals surface area contributed by atoms with E-state index in [1.807, 2.05) is 18.2 Å². The van der Waals surface area contributed by atoms with Crippen LogP contribution in [0.3, 0.4) is 0 Å². The number of aliphatic hydroxyl groups excluding tert-OH is 1. The van der Waals surface area contributed by atoms with E-state index >= 15 is 0 Å². The molecule has 1 N–H and O–H groups in total. The zero-order valence-corrected chi connectivity index (χ0v) is 10.6. The quantitative estimate of drug-likeness (QED) is 0.750. The summed E-state index contributed by atoms with van der Waals surface area (Å²) < 4.78 is 0. The Morgan fingerprint density at radius 2 is 1.82 bits per heavy atom. The Labute approximate surface area is 104 Å². The minimum absolute atomic E-state index is 0.210. The highest BCUT2D eigenvalue weighted by molar-refractivity contribution is 5.75. The predicted octanol–water partition coefficient (Wildman–Crippen LogP) is 3.13. The second kappa shape index (κ2) is 8.02. The van der Waals surface area contributed by atoms with Crippen molar-refractivity contribution in [3.63, 3.8) is 0 Å². The Morgan fingerprint density at radius 1 is 1.18 bits per heavy atom. The van der Waals surface area contributed by atoms with Crippen molar-refractivity contribution in [3.8, 4) is 0 Å². The highest BCUT2D eigenvalue weighted by Crippen LogP contribution is 2.10. The molecular weight excluding hydrogens is 212 g/mol. The molecule has 0 aromatic heterocycles. The molecule has 0 radical (unpaired) electrons. The highest BCUT2D eigenvalue weighted by atomic mass is 16.3. The van der Waals surface area contributed by atoms with Crippen LogP contribution in [0.15, 0.2) is 30.3 Å². The van der Waals surface area contributed by atoms with Gasteiger partial charge in [0.15, 0.2) is 0 Å². The normalized spacial score (nSPS) is 12.4. The predicted molar refractivity (Wildman–Crippen MR) is 69.9 cm³/mol. The van der Waals surface area contributed by atoms with Gasteiger partial charge in [-0.25, -0.2) is 0 Å². The Kier molecular flexibility index (Phi) is 6.56. The van der Waals surface area contributed by atoms with Crippen LogP contribution < -0.4 is 0 Å². The molecule has 0 heterocycles. The van der Waals surface area contributed by atoms with E-state index in [4.69, 9.17) is 0 Å². The maximum Gasteiger partial charge on any atom is 0.129 e. The van der Waals surface area contributed by atoms with Gasteiger partial charge < -0.3 is 9.90 Å². The molecule has 0 fully saturated rings. The third-order valence-electron chi connectivity index (χ3n) is 2.91. The van der Waals surface area contributed by atoms with Gasteiger partial charge in [0.1, 0.15) is 5.78 Å². The van der Waals surface area contributed by atoms with Crippen LogP contribution in [0.25, 0.3) is 0 Å². The zero-order valence-electron chi connectivity index (χ0n) is 10.6. The molecule has 1 rings (SSSR count). The molecule has 1 aromatic rings. The molecule has 0 saturated carbocycles. The van der Waals surface area contributed by atoms with E-state index in [-0.39, 0.29) is 11.9 Å². The fourth-order valence-corrected chi connectivity index (χ4v) is 1.92. The van der Waals surface area contributed by atoms with Crippen LogP contribution in [0.1, 0.15) is 44.6 Å². The zero-order chi connectivity index (χ0) is 12.5. The first-order chi connectivity index (χ1) is 8.18. The second-order valence-corrected chi connectivity index (χ2v) is 4.63. The van der Waals surface area contributed by atoms with Crippen molar-refractivity contribution in [2.24, 2.45) is 0 Å².